The number of aromatic nitrogens is 1. The third-order valence-electron chi connectivity index (χ3n) is 3.43. The highest BCUT2D eigenvalue weighted by Crippen LogP contribution is 2.28. The number of ether oxygens (including phenoxy) is 1. The van der Waals surface area contributed by atoms with Gasteiger partial charge in [-0.3, -0.25) is 4.79 Å². The topological polar surface area (TPSA) is 42.4 Å². The number of benzene rings is 1. The molecule has 0 spiro atoms. The molecule has 1 saturated carbocycles. The van der Waals surface area contributed by atoms with Crippen LogP contribution in [-0.2, 0) is 17.9 Å². The van der Waals surface area contributed by atoms with Crippen LogP contribution in [0.15, 0.2) is 35.7 Å². The lowest BCUT2D eigenvalue weighted by atomic mass is 10.3. The van der Waals surface area contributed by atoms with Gasteiger partial charge in [0.05, 0.1) is 12.2 Å². The highest BCUT2D eigenvalue weighted by molar-refractivity contribution is 7.09. The normalized spacial score (nSPS) is 14.0. The van der Waals surface area contributed by atoms with Crippen molar-refractivity contribution in [1.29, 1.82) is 0 Å². The van der Waals surface area contributed by atoms with Crippen molar-refractivity contribution < 1.29 is 9.53 Å². The van der Waals surface area contributed by atoms with E-state index < -0.39 is 0 Å². The number of amides is 1. The van der Waals surface area contributed by atoms with E-state index in [1.807, 2.05) is 40.6 Å². The van der Waals surface area contributed by atoms with E-state index in [1.54, 1.807) is 18.3 Å². The molecule has 1 fully saturated rings. The number of para-hydroxylation sites is 1. The number of rotatable bonds is 6. The van der Waals surface area contributed by atoms with Gasteiger partial charge in [-0.05, 0) is 25.0 Å². The van der Waals surface area contributed by atoms with Crippen LogP contribution >= 0.6 is 11.3 Å². The van der Waals surface area contributed by atoms with Crippen molar-refractivity contribution in [2.75, 3.05) is 0 Å². The molecule has 0 aliphatic heterocycles. The van der Waals surface area contributed by atoms with Gasteiger partial charge in [-0.2, -0.15) is 0 Å². The average Bonchev–Trinajstić information content (AvgIpc) is 3.23. The third kappa shape index (κ3) is 3.82. The van der Waals surface area contributed by atoms with E-state index in [0.717, 1.165) is 29.3 Å². The highest BCUT2D eigenvalue weighted by atomic mass is 32.1. The van der Waals surface area contributed by atoms with Crippen LogP contribution in [0.2, 0.25) is 0 Å². The molecule has 0 radical (unpaired) electrons. The zero-order chi connectivity index (χ0) is 14.7. The van der Waals surface area contributed by atoms with E-state index in [0.29, 0.717) is 19.2 Å². The molecule has 0 unspecified atom stereocenters. The lowest BCUT2D eigenvalue weighted by Crippen LogP contribution is -2.30. The summed E-state index contributed by atoms with van der Waals surface area (Å²) in [6.07, 6.45) is 2.24. The van der Waals surface area contributed by atoms with Gasteiger partial charge in [0.2, 0.25) is 5.91 Å². The molecule has 1 heterocycles. The second-order valence-electron chi connectivity index (χ2n) is 5.21. The van der Waals surface area contributed by atoms with Crippen LogP contribution in [-0.4, -0.2) is 21.8 Å². The maximum atomic E-state index is 11.6. The van der Waals surface area contributed by atoms with Gasteiger partial charge in [0, 0.05) is 18.3 Å². The predicted molar refractivity (Wildman–Crippen MR) is 82.1 cm³/mol. The van der Waals surface area contributed by atoms with Crippen molar-refractivity contribution in [2.24, 2.45) is 0 Å². The number of hydrogen-bond donors (Lipinski definition) is 0. The second kappa shape index (κ2) is 6.26. The number of nitrogens with zero attached hydrogens (tertiary/aromatic N) is 2. The minimum atomic E-state index is 0.132. The Labute approximate surface area is 128 Å². The van der Waals surface area contributed by atoms with Gasteiger partial charge in [-0.15, -0.1) is 11.3 Å². The monoisotopic (exact) mass is 302 g/mol. The lowest BCUT2D eigenvalue weighted by Gasteiger charge is -2.19. The molecule has 1 amide bonds. The van der Waals surface area contributed by atoms with Crippen LogP contribution in [0.25, 0.3) is 0 Å². The van der Waals surface area contributed by atoms with Gasteiger partial charge in [0.15, 0.2) is 0 Å². The second-order valence-corrected chi connectivity index (χ2v) is 6.16. The Hall–Kier alpha value is -1.88. The quantitative estimate of drug-likeness (QED) is 0.822. The van der Waals surface area contributed by atoms with E-state index in [4.69, 9.17) is 4.74 Å². The number of carbonyl (C=O) groups excluding carboxylic acids is 1. The van der Waals surface area contributed by atoms with E-state index in [9.17, 15) is 4.79 Å². The van der Waals surface area contributed by atoms with Gasteiger partial charge in [-0.1, -0.05) is 18.2 Å². The fourth-order valence-electron chi connectivity index (χ4n) is 2.21. The first kappa shape index (κ1) is 14.1. The Balaban J connectivity index is 1.57. The molecule has 1 aromatic heterocycles. The summed E-state index contributed by atoms with van der Waals surface area (Å²) >= 11 is 1.58. The molecule has 4 nitrogen and oxygen atoms in total. The Morgan fingerprint density at radius 2 is 2.14 bits per heavy atom. The van der Waals surface area contributed by atoms with Gasteiger partial charge in [0.25, 0.3) is 0 Å². The first-order valence-electron chi connectivity index (χ1n) is 7.10. The minimum absolute atomic E-state index is 0.132. The molecular formula is C16H18N2O2S. The van der Waals surface area contributed by atoms with E-state index >= 15 is 0 Å². The van der Waals surface area contributed by atoms with Crippen molar-refractivity contribution in [3.63, 3.8) is 0 Å². The van der Waals surface area contributed by atoms with Crippen LogP contribution < -0.4 is 4.74 Å². The molecule has 3 rings (SSSR count). The summed E-state index contributed by atoms with van der Waals surface area (Å²) < 4.78 is 5.68. The summed E-state index contributed by atoms with van der Waals surface area (Å²) in [7, 11) is 0. The van der Waals surface area contributed by atoms with Crippen molar-refractivity contribution in [3.8, 4) is 5.75 Å². The molecule has 0 saturated heterocycles. The van der Waals surface area contributed by atoms with Gasteiger partial charge in [-0.25, -0.2) is 4.98 Å². The van der Waals surface area contributed by atoms with Crippen molar-refractivity contribution in [2.45, 2.75) is 39.0 Å². The summed E-state index contributed by atoms with van der Waals surface area (Å²) in [5.41, 5.74) is 0.953. The van der Waals surface area contributed by atoms with Crippen LogP contribution in [0.3, 0.4) is 0 Å². The van der Waals surface area contributed by atoms with E-state index in [-0.39, 0.29) is 5.91 Å². The first-order valence-corrected chi connectivity index (χ1v) is 7.98. The van der Waals surface area contributed by atoms with Gasteiger partial charge < -0.3 is 9.64 Å². The third-order valence-corrected chi connectivity index (χ3v) is 4.30. The molecule has 1 aliphatic carbocycles. The SMILES string of the molecule is CC(=O)N(Cc1csc(COc2ccccc2)n1)C1CC1. The van der Waals surface area contributed by atoms with Crippen molar-refractivity contribution in [1.82, 2.24) is 9.88 Å². The van der Waals surface area contributed by atoms with Gasteiger partial charge in [0.1, 0.15) is 17.4 Å². The Morgan fingerprint density at radius 3 is 2.81 bits per heavy atom. The standard InChI is InChI=1S/C16H18N2O2S/c1-12(19)18(14-7-8-14)9-13-11-21-16(17-13)10-20-15-5-3-2-4-6-15/h2-6,11,14H,7-10H2,1H3. The number of hydrogen-bond acceptors (Lipinski definition) is 4. The molecule has 110 valence electrons. The molecule has 21 heavy (non-hydrogen) atoms. The maximum absolute atomic E-state index is 11.6. The molecule has 1 aliphatic rings. The smallest absolute Gasteiger partial charge is 0.220 e. The van der Waals surface area contributed by atoms with Crippen LogP contribution in [0.4, 0.5) is 0 Å². The van der Waals surface area contributed by atoms with Crippen LogP contribution in [0.1, 0.15) is 30.5 Å². The average molecular weight is 302 g/mol. The zero-order valence-corrected chi connectivity index (χ0v) is 12.8. The molecule has 1 aromatic carbocycles. The summed E-state index contributed by atoms with van der Waals surface area (Å²) in [4.78, 5) is 18.1. The number of thiazole rings is 1. The molecule has 2 aromatic rings. The summed E-state index contributed by atoms with van der Waals surface area (Å²) in [5, 5.41) is 2.95. The molecule has 0 bridgehead atoms. The van der Waals surface area contributed by atoms with E-state index in [2.05, 4.69) is 4.98 Å². The Kier molecular flexibility index (Phi) is 4.20. The summed E-state index contributed by atoms with van der Waals surface area (Å²) in [5.74, 6) is 0.977. The number of carbonyl (C=O) groups is 1. The fraction of sp³-hybridized carbons (Fsp3) is 0.375. The Morgan fingerprint density at radius 1 is 1.38 bits per heavy atom. The van der Waals surface area contributed by atoms with Crippen molar-refractivity contribution in [3.05, 3.63) is 46.4 Å². The predicted octanol–water partition coefficient (Wildman–Crippen LogP) is 3.23. The molecular weight excluding hydrogens is 284 g/mol. The molecule has 5 heteroatoms. The molecule has 0 atom stereocenters. The zero-order valence-electron chi connectivity index (χ0n) is 12.0. The Bertz CT molecular complexity index is 608. The van der Waals surface area contributed by atoms with Crippen LogP contribution in [0, 0.1) is 0 Å². The molecule has 0 N–H and O–H groups in total. The maximum Gasteiger partial charge on any atom is 0.220 e. The summed E-state index contributed by atoms with van der Waals surface area (Å²) in [6.45, 7) is 2.71. The summed E-state index contributed by atoms with van der Waals surface area (Å²) in [6, 6.07) is 10.1. The minimum Gasteiger partial charge on any atom is -0.486 e. The first-order chi connectivity index (χ1) is 10.2. The fourth-order valence-corrected chi connectivity index (χ4v) is 2.90. The highest BCUT2D eigenvalue weighted by Gasteiger charge is 2.31. The van der Waals surface area contributed by atoms with Crippen molar-refractivity contribution >= 4 is 17.2 Å². The van der Waals surface area contributed by atoms with Crippen LogP contribution in [0.5, 0.6) is 5.75 Å². The van der Waals surface area contributed by atoms with E-state index in [1.165, 1.54) is 0 Å². The lowest BCUT2D eigenvalue weighted by molar-refractivity contribution is -0.130. The largest absolute Gasteiger partial charge is 0.486 e. The van der Waals surface area contributed by atoms with Gasteiger partial charge >= 0.3 is 0 Å².